The summed E-state index contributed by atoms with van der Waals surface area (Å²) < 4.78 is 5.12. The van der Waals surface area contributed by atoms with Crippen molar-refractivity contribution >= 4 is 0 Å². The molecule has 0 aromatic heterocycles. The van der Waals surface area contributed by atoms with Crippen LogP contribution in [0.1, 0.15) is 6.92 Å². The molecule has 1 aliphatic carbocycles. The van der Waals surface area contributed by atoms with Gasteiger partial charge in [-0.05, 0) is 18.1 Å². The van der Waals surface area contributed by atoms with Crippen LogP contribution in [0.4, 0.5) is 0 Å². The van der Waals surface area contributed by atoms with Gasteiger partial charge in [-0.15, -0.1) is 0 Å². The molecule has 1 aliphatic heterocycles. The molecule has 0 amide bonds. The van der Waals surface area contributed by atoms with E-state index in [1.54, 1.807) is 12.2 Å². The van der Waals surface area contributed by atoms with Gasteiger partial charge in [0.15, 0.2) is 0 Å². The minimum atomic E-state index is -0.778. The fourth-order valence-electron chi connectivity index (χ4n) is 1.95. The van der Waals surface area contributed by atoms with E-state index in [9.17, 15) is 10.2 Å². The quantitative estimate of drug-likeness (QED) is 0.516. The van der Waals surface area contributed by atoms with E-state index in [1.807, 2.05) is 6.92 Å². The molecule has 1 heterocycles. The molecule has 0 radical (unpaired) electrons. The van der Waals surface area contributed by atoms with Crippen LogP contribution in [-0.4, -0.2) is 46.3 Å². The summed E-state index contributed by atoms with van der Waals surface area (Å²) in [6.07, 6.45) is 1.34. The Kier molecular flexibility index (Phi) is 2.45. The summed E-state index contributed by atoms with van der Waals surface area (Å²) in [5.74, 6) is 0. The molecule has 0 saturated carbocycles. The molecule has 1 fully saturated rings. The minimum Gasteiger partial charge on any atom is -0.392 e. The predicted molar refractivity (Wildman–Crippen MR) is 49.6 cm³/mol. The summed E-state index contributed by atoms with van der Waals surface area (Å²) in [5.41, 5.74) is 1.05. The smallest absolute Gasteiger partial charge is 0.117 e. The lowest BCUT2D eigenvalue weighted by Gasteiger charge is -2.23. The van der Waals surface area contributed by atoms with Crippen molar-refractivity contribution < 1.29 is 20.1 Å². The van der Waals surface area contributed by atoms with Crippen LogP contribution in [0.2, 0.25) is 0 Å². The van der Waals surface area contributed by atoms with Gasteiger partial charge in [-0.3, -0.25) is 0 Å². The van der Waals surface area contributed by atoms with Crippen LogP contribution < -0.4 is 0 Å². The van der Waals surface area contributed by atoms with Crippen molar-refractivity contribution in [2.75, 3.05) is 6.61 Å². The summed E-state index contributed by atoms with van der Waals surface area (Å²) in [5, 5.41) is 28.6. The number of hydrogen-bond acceptors (Lipinski definition) is 4. The van der Waals surface area contributed by atoms with Crippen molar-refractivity contribution in [3.05, 3.63) is 23.3 Å². The molecule has 4 nitrogen and oxygen atoms in total. The number of allylic oxidation sites excluding steroid dienone is 1. The molecule has 4 heteroatoms. The van der Waals surface area contributed by atoms with Gasteiger partial charge in [-0.2, -0.15) is 0 Å². The average Bonchev–Trinajstić information content (AvgIpc) is 2.94. The molecule has 0 aromatic carbocycles. The van der Waals surface area contributed by atoms with Crippen LogP contribution in [0.25, 0.3) is 0 Å². The van der Waals surface area contributed by atoms with Crippen LogP contribution >= 0.6 is 0 Å². The molecule has 4 atom stereocenters. The summed E-state index contributed by atoms with van der Waals surface area (Å²) in [7, 11) is 0. The highest BCUT2D eigenvalue weighted by Crippen LogP contribution is 2.40. The van der Waals surface area contributed by atoms with Crippen LogP contribution in [0.3, 0.4) is 0 Å². The zero-order chi connectivity index (χ0) is 10.3. The number of aliphatic hydroxyl groups is 3. The lowest BCUT2D eigenvalue weighted by Crippen LogP contribution is -2.35. The van der Waals surface area contributed by atoms with Gasteiger partial charge in [0.05, 0.1) is 6.61 Å². The van der Waals surface area contributed by atoms with E-state index in [-0.39, 0.29) is 18.8 Å². The Morgan fingerprint density at radius 3 is 2.50 bits per heavy atom. The summed E-state index contributed by atoms with van der Waals surface area (Å²) in [6.45, 7) is 1.57. The molecule has 2 aliphatic rings. The van der Waals surface area contributed by atoms with E-state index in [0.29, 0.717) is 11.1 Å². The highest BCUT2D eigenvalue weighted by molar-refractivity contribution is 5.39. The third-order valence-electron chi connectivity index (χ3n) is 2.75. The first-order valence-electron chi connectivity index (χ1n) is 4.68. The highest BCUT2D eigenvalue weighted by Gasteiger charge is 2.54. The van der Waals surface area contributed by atoms with Gasteiger partial charge < -0.3 is 20.1 Å². The van der Waals surface area contributed by atoms with Crippen LogP contribution in [-0.2, 0) is 4.74 Å². The first-order valence-corrected chi connectivity index (χ1v) is 4.68. The molecule has 0 aromatic rings. The number of ether oxygens (including phenoxy) is 1. The third-order valence-corrected chi connectivity index (χ3v) is 2.75. The molecule has 2 rings (SSSR count). The highest BCUT2D eigenvalue weighted by atomic mass is 16.6. The summed E-state index contributed by atoms with van der Waals surface area (Å²) in [6, 6.07) is 0. The summed E-state index contributed by atoms with van der Waals surface area (Å²) in [4.78, 5) is 0. The lowest BCUT2D eigenvalue weighted by molar-refractivity contribution is 0.141. The van der Waals surface area contributed by atoms with Gasteiger partial charge in [-0.25, -0.2) is 0 Å². The molecule has 0 bridgehead atoms. The molecule has 3 N–H and O–H groups in total. The maximum Gasteiger partial charge on any atom is 0.117 e. The van der Waals surface area contributed by atoms with Crippen molar-refractivity contribution in [1.29, 1.82) is 0 Å². The Hall–Kier alpha value is -0.680. The average molecular weight is 198 g/mol. The topological polar surface area (TPSA) is 73.2 Å². The molecule has 0 spiro atoms. The van der Waals surface area contributed by atoms with Gasteiger partial charge in [0.1, 0.15) is 24.4 Å². The fourth-order valence-corrected chi connectivity index (χ4v) is 1.95. The van der Waals surface area contributed by atoms with Crippen molar-refractivity contribution in [3.8, 4) is 0 Å². The zero-order valence-corrected chi connectivity index (χ0v) is 7.92. The molecular weight excluding hydrogens is 184 g/mol. The van der Waals surface area contributed by atoms with E-state index in [0.717, 1.165) is 0 Å². The van der Waals surface area contributed by atoms with Crippen molar-refractivity contribution in [1.82, 2.24) is 0 Å². The number of rotatable bonds is 2. The monoisotopic (exact) mass is 198 g/mol. The first-order chi connectivity index (χ1) is 6.70. The second-order valence-electron chi connectivity index (χ2n) is 3.59. The third kappa shape index (κ3) is 1.31. The predicted octanol–water partition coefficient (Wildman–Crippen LogP) is -0.646. The van der Waals surface area contributed by atoms with Gasteiger partial charge in [-0.1, -0.05) is 12.2 Å². The Bertz CT molecular complexity index is 294. The molecule has 1 saturated heterocycles. The number of hydrogen-bond donors (Lipinski definition) is 3. The Morgan fingerprint density at radius 1 is 1.29 bits per heavy atom. The zero-order valence-electron chi connectivity index (χ0n) is 7.92. The second-order valence-corrected chi connectivity index (χ2v) is 3.59. The van der Waals surface area contributed by atoms with Crippen LogP contribution in [0, 0.1) is 0 Å². The SMILES string of the molecule is C/C=C/C1=C(CO)[C@H](O)[C@H]2O[C@H]2[C@H]1O. The van der Waals surface area contributed by atoms with Crippen molar-refractivity contribution in [2.45, 2.75) is 31.3 Å². The Balaban J connectivity index is 2.36. The van der Waals surface area contributed by atoms with Gasteiger partial charge in [0.25, 0.3) is 0 Å². The lowest BCUT2D eigenvalue weighted by atomic mass is 9.87. The molecule has 14 heavy (non-hydrogen) atoms. The van der Waals surface area contributed by atoms with Crippen molar-refractivity contribution in [3.63, 3.8) is 0 Å². The standard InChI is InChI=1S/C10H14O4/c1-2-3-5-6(4-11)8(13)10-9(14-10)7(5)12/h2-3,7-13H,4H2,1H3/b3-2+/t7-,8-,9-,10+/m0/s1. The normalized spacial score (nSPS) is 41.7. The molecule has 0 unspecified atom stereocenters. The van der Waals surface area contributed by atoms with E-state index in [1.165, 1.54) is 0 Å². The minimum absolute atomic E-state index is 0.246. The maximum absolute atomic E-state index is 9.77. The fraction of sp³-hybridized carbons (Fsp3) is 0.600. The number of aliphatic hydroxyl groups excluding tert-OH is 3. The van der Waals surface area contributed by atoms with Gasteiger partial charge >= 0.3 is 0 Å². The number of fused-ring (bicyclic) bond motifs is 1. The Labute approximate surface area is 82.1 Å². The largest absolute Gasteiger partial charge is 0.392 e. The number of epoxide rings is 1. The Morgan fingerprint density at radius 2 is 1.93 bits per heavy atom. The van der Waals surface area contributed by atoms with E-state index in [4.69, 9.17) is 9.84 Å². The van der Waals surface area contributed by atoms with Gasteiger partial charge in [0, 0.05) is 0 Å². The second kappa shape index (κ2) is 3.47. The first kappa shape index (κ1) is 9.86. The van der Waals surface area contributed by atoms with E-state index < -0.39 is 12.2 Å². The van der Waals surface area contributed by atoms with E-state index in [2.05, 4.69) is 0 Å². The maximum atomic E-state index is 9.77. The van der Waals surface area contributed by atoms with Gasteiger partial charge in [0.2, 0.25) is 0 Å². The summed E-state index contributed by atoms with van der Waals surface area (Å²) >= 11 is 0. The van der Waals surface area contributed by atoms with Crippen LogP contribution in [0.15, 0.2) is 23.3 Å². The van der Waals surface area contributed by atoms with Crippen LogP contribution in [0.5, 0.6) is 0 Å². The molecule has 78 valence electrons. The molecular formula is C10H14O4. The van der Waals surface area contributed by atoms with E-state index >= 15 is 0 Å². The van der Waals surface area contributed by atoms with Crippen molar-refractivity contribution in [2.24, 2.45) is 0 Å².